The maximum atomic E-state index is 13.5. The molecule has 3 aromatic rings. The number of halogens is 2. The van der Waals surface area contributed by atoms with E-state index in [0.717, 1.165) is 101 Å². The summed E-state index contributed by atoms with van der Waals surface area (Å²) in [7, 11) is 1.67. The van der Waals surface area contributed by atoms with Gasteiger partial charge < -0.3 is 19.3 Å². The molecule has 0 spiro atoms. The van der Waals surface area contributed by atoms with Crippen LogP contribution in [0, 0.1) is 17.0 Å². The lowest BCUT2D eigenvalue weighted by molar-refractivity contribution is -0.140. The summed E-state index contributed by atoms with van der Waals surface area (Å²) >= 11 is 0. The number of benzene rings is 2. The summed E-state index contributed by atoms with van der Waals surface area (Å²) in [5, 5.41) is 10.9. The Balaban J connectivity index is 1.23. The minimum Gasteiger partial charge on any atom is -0.497 e. The summed E-state index contributed by atoms with van der Waals surface area (Å²) in [5.74, 6) is -1.14. The number of aliphatic carboxylic acids is 1. The Hall–Kier alpha value is -3.34. The molecule has 10 heteroatoms. The number of carbonyl (C=O) groups is 1. The Bertz CT molecular complexity index is 1370. The van der Waals surface area contributed by atoms with Crippen molar-refractivity contribution in [3.8, 4) is 11.5 Å². The van der Waals surface area contributed by atoms with E-state index in [4.69, 9.17) is 19.2 Å². The van der Waals surface area contributed by atoms with E-state index < -0.39 is 17.6 Å². The fourth-order valence-electron chi connectivity index (χ4n) is 6.46. The number of aromatic nitrogens is 1. The van der Waals surface area contributed by atoms with Gasteiger partial charge in [0.1, 0.15) is 29.7 Å². The van der Waals surface area contributed by atoms with E-state index in [1.54, 1.807) is 7.11 Å². The van der Waals surface area contributed by atoms with Gasteiger partial charge >= 0.3 is 5.97 Å². The first kappa shape index (κ1) is 31.1. The molecule has 1 aromatic heterocycles. The predicted octanol–water partition coefficient (Wildman–Crippen LogP) is 5.31. The highest BCUT2D eigenvalue weighted by Crippen LogP contribution is 2.40. The number of hydrogen-bond acceptors (Lipinski definition) is 7. The van der Waals surface area contributed by atoms with Gasteiger partial charge in [0.2, 0.25) is 0 Å². The Morgan fingerprint density at radius 3 is 2.47 bits per heavy atom. The molecule has 2 saturated heterocycles. The van der Waals surface area contributed by atoms with Crippen LogP contribution in [-0.4, -0.2) is 85.5 Å². The van der Waals surface area contributed by atoms with Crippen LogP contribution in [0.2, 0.25) is 0 Å². The molecule has 0 radical (unpaired) electrons. The van der Waals surface area contributed by atoms with Crippen molar-refractivity contribution in [2.75, 3.05) is 59.7 Å². The third-order valence-electron chi connectivity index (χ3n) is 8.86. The zero-order chi connectivity index (χ0) is 30.2. The predicted molar refractivity (Wildman–Crippen MR) is 160 cm³/mol. The molecule has 43 heavy (non-hydrogen) atoms. The fraction of sp³-hybridized carbons (Fsp3) is 0.515. The largest absolute Gasteiger partial charge is 0.497 e. The van der Waals surface area contributed by atoms with E-state index in [9.17, 15) is 18.7 Å². The number of likely N-dealkylation sites (tertiary alicyclic amines) is 1. The lowest BCUT2D eigenvalue weighted by Crippen LogP contribution is -2.42. The molecular formula is C33H41F2N3O5. The molecule has 0 saturated carbocycles. The van der Waals surface area contributed by atoms with Gasteiger partial charge in [-0.25, -0.2) is 8.78 Å². The van der Waals surface area contributed by atoms with Crippen molar-refractivity contribution >= 4 is 16.9 Å². The second-order valence-electron chi connectivity index (χ2n) is 11.8. The van der Waals surface area contributed by atoms with Crippen LogP contribution < -0.4 is 9.47 Å². The SMILES string of the molecule is COc1ccc2ncc(CN3CCOCC3)c(CCCC3(CC(=O)O)CCN(CCOc4cc(F)cc(F)c4)CC3)c2c1. The molecule has 0 atom stereocenters. The Morgan fingerprint density at radius 1 is 1.02 bits per heavy atom. The number of fused-ring (bicyclic) bond motifs is 1. The molecule has 0 aliphatic carbocycles. The summed E-state index contributed by atoms with van der Waals surface area (Å²) in [6.07, 6.45) is 6.20. The van der Waals surface area contributed by atoms with E-state index in [1.165, 1.54) is 23.3 Å². The zero-order valence-corrected chi connectivity index (χ0v) is 24.8. The summed E-state index contributed by atoms with van der Waals surface area (Å²) in [6.45, 7) is 6.46. The lowest BCUT2D eigenvalue weighted by Gasteiger charge is -2.41. The molecule has 2 aliphatic rings. The van der Waals surface area contributed by atoms with Crippen LogP contribution >= 0.6 is 0 Å². The number of methoxy groups -OCH3 is 1. The van der Waals surface area contributed by atoms with Crippen LogP contribution in [0.4, 0.5) is 8.78 Å². The second kappa shape index (κ2) is 14.4. The molecule has 0 amide bonds. The quantitative estimate of drug-likeness (QED) is 0.284. The van der Waals surface area contributed by atoms with Crippen LogP contribution in [0.15, 0.2) is 42.6 Å². The monoisotopic (exact) mass is 597 g/mol. The van der Waals surface area contributed by atoms with Crippen molar-refractivity contribution in [2.45, 2.75) is 45.1 Å². The van der Waals surface area contributed by atoms with Crippen LogP contribution in [0.3, 0.4) is 0 Å². The highest BCUT2D eigenvalue weighted by Gasteiger charge is 2.36. The van der Waals surface area contributed by atoms with E-state index >= 15 is 0 Å². The summed E-state index contributed by atoms with van der Waals surface area (Å²) < 4.78 is 43.6. The molecule has 5 rings (SSSR count). The van der Waals surface area contributed by atoms with Gasteiger partial charge in [0.25, 0.3) is 0 Å². The third kappa shape index (κ3) is 8.40. The smallest absolute Gasteiger partial charge is 0.303 e. The molecule has 2 aliphatic heterocycles. The Kier molecular flexibility index (Phi) is 10.4. The molecular weight excluding hydrogens is 556 g/mol. The third-order valence-corrected chi connectivity index (χ3v) is 8.86. The number of nitrogens with zero attached hydrogens (tertiary/aromatic N) is 3. The molecule has 8 nitrogen and oxygen atoms in total. The van der Waals surface area contributed by atoms with Crippen molar-refractivity contribution < 1.29 is 32.9 Å². The number of ether oxygens (including phenoxy) is 3. The lowest BCUT2D eigenvalue weighted by atomic mass is 9.72. The first-order chi connectivity index (χ1) is 20.8. The van der Waals surface area contributed by atoms with Crippen molar-refractivity contribution in [1.82, 2.24) is 14.8 Å². The van der Waals surface area contributed by atoms with Gasteiger partial charge in [-0.1, -0.05) is 0 Å². The highest BCUT2D eigenvalue weighted by atomic mass is 19.1. The Morgan fingerprint density at radius 2 is 1.77 bits per heavy atom. The fourth-order valence-corrected chi connectivity index (χ4v) is 6.46. The topological polar surface area (TPSA) is 84.4 Å². The Labute approximate surface area is 251 Å². The summed E-state index contributed by atoms with van der Waals surface area (Å²) in [6, 6.07) is 9.15. The number of morpholine rings is 1. The minimum absolute atomic E-state index is 0.144. The van der Waals surface area contributed by atoms with Crippen LogP contribution in [0.1, 0.15) is 43.2 Å². The standard InChI is InChI=1S/C33H41F2N3O5/c1-41-27-4-5-31-30(20-27)29(24(22-36-31)23-38-11-14-42-15-12-38)3-2-6-33(21-32(39)40)7-9-37(10-8-33)13-16-43-28-18-25(34)17-26(35)19-28/h4-5,17-20,22H,2-3,6-16,21,23H2,1H3,(H,39,40). The second-order valence-corrected chi connectivity index (χ2v) is 11.8. The molecule has 0 bridgehead atoms. The average Bonchev–Trinajstić information content (AvgIpc) is 2.98. The maximum Gasteiger partial charge on any atom is 0.303 e. The summed E-state index contributed by atoms with van der Waals surface area (Å²) in [5.41, 5.74) is 3.10. The van der Waals surface area contributed by atoms with Crippen molar-refractivity contribution in [3.05, 3.63) is 65.4 Å². The van der Waals surface area contributed by atoms with Crippen LogP contribution in [0.5, 0.6) is 11.5 Å². The normalized spacial score (nSPS) is 17.7. The van der Waals surface area contributed by atoms with E-state index in [-0.39, 0.29) is 17.6 Å². The minimum atomic E-state index is -0.767. The van der Waals surface area contributed by atoms with Crippen LogP contribution in [-0.2, 0) is 22.5 Å². The zero-order valence-electron chi connectivity index (χ0n) is 24.8. The first-order valence-corrected chi connectivity index (χ1v) is 15.1. The number of aryl methyl sites for hydroxylation is 1. The number of piperidine rings is 1. The summed E-state index contributed by atoms with van der Waals surface area (Å²) in [4.78, 5) is 21.3. The molecule has 232 valence electrons. The van der Waals surface area contributed by atoms with Gasteiger partial charge in [-0.15, -0.1) is 0 Å². The van der Waals surface area contributed by atoms with Crippen molar-refractivity contribution in [2.24, 2.45) is 5.41 Å². The number of carboxylic acids is 1. The number of hydrogen-bond donors (Lipinski definition) is 1. The van der Waals surface area contributed by atoms with E-state index in [0.29, 0.717) is 13.2 Å². The van der Waals surface area contributed by atoms with E-state index in [1.807, 2.05) is 18.3 Å². The maximum absolute atomic E-state index is 13.5. The van der Waals surface area contributed by atoms with Gasteiger partial charge in [0.05, 0.1) is 32.3 Å². The van der Waals surface area contributed by atoms with Gasteiger partial charge in [0, 0.05) is 56.0 Å². The molecule has 0 unspecified atom stereocenters. The number of pyridine rings is 1. The van der Waals surface area contributed by atoms with Gasteiger partial charge in [-0.2, -0.15) is 0 Å². The van der Waals surface area contributed by atoms with Crippen molar-refractivity contribution in [3.63, 3.8) is 0 Å². The average molecular weight is 598 g/mol. The van der Waals surface area contributed by atoms with Crippen LogP contribution in [0.25, 0.3) is 10.9 Å². The molecule has 2 aromatic carbocycles. The highest BCUT2D eigenvalue weighted by molar-refractivity contribution is 5.84. The number of rotatable bonds is 13. The van der Waals surface area contributed by atoms with Crippen molar-refractivity contribution in [1.29, 1.82) is 0 Å². The van der Waals surface area contributed by atoms with Gasteiger partial charge in [-0.05, 0) is 79.9 Å². The molecule has 1 N–H and O–H groups in total. The van der Waals surface area contributed by atoms with Gasteiger partial charge in [0.15, 0.2) is 0 Å². The van der Waals surface area contributed by atoms with Gasteiger partial charge in [-0.3, -0.25) is 19.6 Å². The molecule has 2 fully saturated rings. The number of carboxylic acid groups (broad SMARTS) is 1. The molecule has 3 heterocycles. The first-order valence-electron chi connectivity index (χ1n) is 15.1. The van der Waals surface area contributed by atoms with E-state index in [2.05, 4.69) is 15.9 Å².